The molecule has 2 heterocycles. The molecular weight excluding hydrogens is 322 g/mol. The molecule has 1 aliphatic rings. The van der Waals surface area contributed by atoms with Crippen LogP contribution in [0.25, 0.3) is 10.6 Å². The van der Waals surface area contributed by atoms with E-state index in [2.05, 4.69) is 4.98 Å². The van der Waals surface area contributed by atoms with Crippen LogP contribution in [0.4, 0.5) is 0 Å². The van der Waals surface area contributed by atoms with Crippen molar-refractivity contribution in [1.82, 2.24) is 4.98 Å². The Morgan fingerprint density at radius 3 is 2.91 bits per heavy atom. The molecule has 2 aromatic rings. The smallest absolute Gasteiger partial charge is 0.350 e. The lowest BCUT2D eigenvalue weighted by Crippen LogP contribution is -2.17. The van der Waals surface area contributed by atoms with E-state index in [1.54, 1.807) is 0 Å². The second-order valence-corrected chi connectivity index (χ2v) is 6.61. The second-order valence-electron chi connectivity index (χ2n) is 5.17. The van der Waals surface area contributed by atoms with Crippen molar-refractivity contribution < 1.29 is 14.3 Å². The average Bonchev–Trinajstić information content (AvgIpc) is 3.15. The third-order valence-corrected chi connectivity index (χ3v) is 4.94. The monoisotopic (exact) mass is 337 g/mol. The normalized spacial score (nSPS) is 17.6. The number of nitrogens with zero attached hydrogens (tertiary/aromatic N) is 1. The number of hydrogen-bond donors (Lipinski definition) is 0. The van der Waals surface area contributed by atoms with Crippen LogP contribution in [0.2, 0.25) is 5.02 Å². The van der Waals surface area contributed by atoms with Crippen molar-refractivity contribution in [3.8, 4) is 10.6 Å². The van der Waals surface area contributed by atoms with E-state index in [0.29, 0.717) is 22.2 Å². The van der Waals surface area contributed by atoms with Crippen molar-refractivity contribution in [2.24, 2.45) is 0 Å². The molecule has 1 saturated heterocycles. The van der Waals surface area contributed by atoms with Gasteiger partial charge in [0.05, 0.1) is 11.8 Å². The molecule has 1 fully saturated rings. The van der Waals surface area contributed by atoms with Gasteiger partial charge in [-0.15, -0.1) is 11.3 Å². The van der Waals surface area contributed by atoms with Gasteiger partial charge in [0.2, 0.25) is 0 Å². The van der Waals surface area contributed by atoms with Crippen molar-refractivity contribution in [3.63, 3.8) is 0 Å². The zero-order chi connectivity index (χ0) is 15.5. The highest BCUT2D eigenvalue weighted by Gasteiger charge is 2.21. The maximum atomic E-state index is 12.2. The lowest BCUT2D eigenvalue weighted by atomic mass is 10.2. The van der Waals surface area contributed by atoms with Gasteiger partial charge in [-0.05, 0) is 31.9 Å². The Morgan fingerprint density at radius 2 is 2.23 bits per heavy atom. The molecule has 1 aliphatic heterocycles. The molecule has 0 unspecified atom stereocenters. The van der Waals surface area contributed by atoms with Gasteiger partial charge in [-0.3, -0.25) is 0 Å². The van der Waals surface area contributed by atoms with Crippen molar-refractivity contribution >= 4 is 28.9 Å². The minimum atomic E-state index is -0.328. The van der Waals surface area contributed by atoms with Gasteiger partial charge in [0, 0.05) is 17.2 Å². The SMILES string of the molecule is Cc1nc(-c2ccc(Cl)cc2)sc1C(=O)OC[C@H]1CCCO1. The first-order valence-electron chi connectivity index (χ1n) is 7.15. The minimum absolute atomic E-state index is 0.0351. The van der Waals surface area contributed by atoms with Crippen molar-refractivity contribution in [2.45, 2.75) is 25.9 Å². The Labute approximate surface area is 138 Å². The molecule has 0 spiro atoms. The topological polar surface area (TPSA) is 48.4 Å². The Bertz CT molecular complexity index is 663. The summed E-state index contributed by atoms with van der Waals surface area (Å²) in [6.07, 6.45) is 2.01. The number of carbonyl (C=O) groups excluding carboxylic acids is 1. The predicted molar refractivity (Wildman–Crippen MR) is 86.6 cm³/mol. The summed E-state index contributed by atoms with van der Waals surface area (Å²) in [7, 11) is 0. The molecule has 6 heteroatoms. The van der Waals surface area contributed by atoms with Crippen LogP contribution in [0.5, 0.6) is 0 Å². The van der Waals surface area contributed by atoms with E-state index in [1.165, 1.54) is 11.3 Å². The molecule has 1 aromatic carbocycles. The van der Waals surface area contributed by atoms with Gasteiger partial charge in [0.15, 0.2) is 0 Å². The highest BCUT2D eigenvalue weighted by Crippen LogP contribution is 2.29. The van der Waals surface area contributed by atoms with E-state index in [0.717, 1.165) is 30.0 Å². The van der Waals surface area contributed by atoms with E-state index in [4.69, 9.17) is 21.1 Å². The van der Waals surface area contributed by atoms with Gasteiger partial charge in [0.1, 0.15) is 16.5 Å². The van der Waals surface area contributed by atoms with Gasteiger partial charge in [-0.1, -0.05) is 23.7 Å². The lowest BCUT2D eigenvalue weighted by molar-refractivity contribution is 0.0164. The molecule has 1 aromatic heterocycles. The Kier molecular flexibility index (Phi) is 4.76. The molecule has 0 N–H and O–H groups in total. The van der Waals surface area contributed by atoms with Crippen LogP contribution in [-0.4, -0.2) is 30.3 Å². The largest absolute Gasteiger partial charge is 0.459 e. The molecule has 3 rings (SSSR count). The third kappa shape index (κ3) is 3.48. The molecule has 22 heavy (non-hydrogen) atoms. The Balaban J connectivity index is 1.71. The first-order chi connectivity index (χ1) is 10.6. The number of hydrogen-bond acceptors (Lipinski definition) is 5. The standard InChI is InChI=1S/C16H16ClNO3S/c1-10-14(16(19)21-9-13-3-2-8-20-13)22-15(18-10)11-4-6-12(17)7-5-11/h4-7,13H,2-3,8-9H2,1H3/t13-/m1/s1. The maximum absolute atomic E-state index is 12.2. The van der Waals surface area contributed by atoms with Gasteiger partial charge in [-0.2, -0.15) is 0 Å². The maximum Gasteiger partial charge on any atom is 0.350 e. The van der Waals surface area contributed by atoms with E-state index in [-0.39, 0.29) is 12.1 Å². The van der Waals surface area contributed by atoms with Crippen molar-refractivity contribution in [3.05, 3.63) is 39.9 Å². The number of aryl methyl sites for hydroxylation is 1. The van der Waals surface area contributed by atoms with Gasteiger partial charge in [0.25, 0.3) is 0 Å². The first-order valence-corrected chi connectivity index (χ1v) is 8.35. The number of thiazole rings is 1. The van der Waals surface area contributed by atoms with E-state index in [9.17, 15) is 4.79 Å². The van der Waals surface area contributed by atoms with Crippen LogP contribution in [-0.2, 0) is 9.47 Å². The van der Waals surface area contributed by atoms with Crippen LogP contribution < -0.4 is 0 Å². The zero-order valence-electron chi connectivity index (χ0n) is 12.2. The molecule has 4 nitrogen and oxygen atoms in total. The average molecular weight is 338 g/mol. The number of carbonyl (C=O) groups is 1. The van der Waals surface area contributed by atoms with Crippen LogP contribution in [0.15, 0.2) is 24.3 Å². The molecule has 1 atom stereocenters. The summed E-state index contributed by atoms with van der Waals surface area (Å²) < 4.78 is 10.8. The first kappa shape index (κ1) is 15.5. The van der Waals surface area contributed by atoms with Gasteiger partial charge in [-0.25, -0.2) is 9.78 Å². The highest BCUT2D eigenvalue weighted by atomic mass is 35.5. The number of rotatable bonds is 4. The summed E-state index contributed by atoms with van der Waals surface area (Å²) in [5, 5.41) is 1.46. The van der Waals surface area contributed by atoms with Crippen LogP contribution in [0.1, 0.15) is 28.2 Å². The number of halogens is 1. The summed E-state index contributed by atoms with van der Waals surface area (Å²) in [5.41, 5.74) is 1.63. The summed E-state index contributed by atoms with van der Waals surface area (Å²) in [6, 6.07) is 7.40. The van der Waals surface area contributed by atoms with Crippen LogP contribution in [0.3, 0.4) is 0 Å². The zero-order valence-corrected chi connectivity index (χ0v) is 13.7. The van der Waals surface area contributed by atoms with E-state index < -0.39 is 0 Å². The highest BCUT2D eigenvalue weighted by molar-refractivity contribution is 7.17. The Morgan fingerprint density at radius 1 is 1.45 bits per heavy atom. The summed E-state index contributed by atoms with van der Waals surface area (Å²) >= 11 is 7.23. The van der Waals surface area contributed by atoms with Gasteiger partial charge < -0.3 is 9.47 Å². The fourth-order valence-corrected chi connectivity index (χ4v) is 3.40. The van der Waals surface area contributed by atoms with Gasteiger partial charge >= 0.3 is 5.97 Å². The molecule has 0 amide bonds. The van der Waals surface area contributed by atoms with E-state index in [1.807, 2.05) is 31.2 Å². The molecule has 0 bridgehead atoms. The summed E-state index contributed by atoms with van der Waals surface area (Å²) in [4.78, 5) is 17.2. The minimum Gasteiger partial charge on any atom is -0.459 e. The lowest BCUT2D eigenvalue weighted by Gasteiger charge is -2.09. The fourth-order valence-electron chi connectivity index (χ4n) is 2.31. The van der Waals surface area contributed by atoms with Crippen molar-refractivity contribution in [2.75, 3.05) is 13.2 Å². The molecular formula is C16H16ClNO3S. The number of aromatic nitrogens is 1. The molecule has 0 radical (unpaired) electrons. The second kappa shape index (κ2) is 6.77. The summed E-state index contributed by atoms with van der Waals surface area (Å²) in [5.74, 6) is -0.328. The van der Waals surface area contributed by atoms with Crippen LogP contribution >= 0.6 is 22.9 Å². The number of esters is 1. The van der Waals surface area contributed by atoms with Crippen LogP contribution in [0, 0.1) is 6.92 Å². The molecule has 0 saturated carbocycles. The molecule has 0 aliphatic carbocycles. The number of benzene rings is 1. The number of ether oxygens (including phenoxy) is 2. The quantitative estimate of drug-likeness (QED) is 0.788. The Hall–Kier alpha value is -1.43. The van der Waals surface area contributed by atoms with Crippen molar-refractivity contribution in [1.29, 1.82) is 0 Å². The predicted octanol–water partition coefficient (Wildman–Crippen LogP) is 4.11. The molecule has 116 valence electrons. The fraction of sp³-hybridized carbons (Fsp3) is 0.375. The third-order valence-electron chi connectivity index (χ3n) is 3.50. The summed E-state index contributed by atoms with van der Waals surface area (Å²) in [6.45, 7) is 2.88. The van der Waals surface area contributed by atoms with E-state index >= 15 is 0 Å².